The van der Waals surface area contributed by atoms with Gasteiger partial charge in [-0.2, -0.15) is 0 Å². The lowest BCUT2D eigenvalue weighted by molar-refractivity contribution is 0.0232. The fourth-order valence-corrected chi connectivity index (χ4v) is 2.05. The molecular formula is C14H21FN2O2. The van der Waals surface area contributed by atoms with Crippen molar-refractivity contribution in [2.75, 3.05) is 19.8 Å². The number of hydrogen-bond donors (Lipinski definition) is 1. The van der Waals surface area contributed by atoms with Crippen molar-refractivity contribution in [3.63, 3.8) is 0 Å². The Kier molecular flexibility index (Phi) is 5.54. The van der Waals surface area contributed by atoms with Gasteiger partial charge in [-0.3, -0.25) is 0 Å². The van der Waals surface area contributed by atoms with Crippen LogP contribution in [0.3, 0.4) is 0 Å². The fourth-order valence-electron chi connectivity index (χ4n) is 2.05. The van der Waals surface area contributed by atoms with E-state index in [9.17, 15) is 4.39 Å². The Morgan fingerprint density at radius 1 is 1.47 bits per heavy atom. The van der Waals surface area contributed by atoms with Crippen LogP contribution in [0, 0.1) is 5.82 Å². The molecule has 1 N–H and O–H groups in total. The van der Waals surface area contributed by atoms with Crippen LogP contribution in [0.4, 0.5) is 4.39 Å². The van der Waals surface area contributed by atoms with Crippen LogP contribution in [0.25, 0.3) is 0 Å². The maximum absolute atomic E-state index is 13.3. The predicted molar refractivity (Wildman–Crippen MR) is 70.7 cm³/mol. The molecule has 1 aliphatic rings. The lowest BCUT2D eigenvalue weighted by atomic mass is 10.1. The third-order valence-corrected chi connectivity index (χ3v) is 3.08. The summed E-state index contributed by atoms with van der Waals surface area (Å²) in [6, 6.07) is 1.49. The number of nitrogens with one attached hydrogen (secondary N) is 1. The van der Waals surface area contributed by atoms with Gasteiger partial charge in [0.25, 0.3) is 0 Å². The largest absolute Gasteiger partial charge is 0.474 e. The second-order valence-electron chi connectivity index (χ2n) is 4.72. The zero-order valence-electron chi connectivity index (χ0n) is 11.3. The fraction of sp³-hybridized carbons (Fsp3) is 0.643. The molecule has 0 aliphatic carbocycles. The Morgan fingerprint density at radius 3 is 3.00 bits per heavy atom. The van der Waals surface area contributed by atoms with E-state index in [4.69, 9.17) is 9.47 Å². The van der Waals surface area contributed by atoms with E-state index in [0.29, 0.717) is 12.4 Å². The predicted octanol–water partition coefficient (Wildman–Crippen LogP) is 2.28. The van der Waals surface area contributed by atoms with Crippen molar-refractivity contribution >= 4 is 0 Å². The van der Waals surface area contributed by atoms with Gasteiger partial charge in [-0.25, -0.2) is 9.37 Å². The van der Waals surface area contributed by atoms with E-state index < -0.39 is 0 Å². The van der Waals surface area contributed by atoms with Gasteiger partial charge < -0.3 is 14.8 Å². The molecular weight excluding hydrogens is 247 g/mol. The molecule has 2 rings (SSSR count). The van der Waals surface area contributed by atoms with E-state index in [-0.39, 0.29) is 11.9 Å². The summed E-state index contributed by atoms with van der Waals surface area (Å²) in [6.07, 6.45) is 4.09. The van der Waals surface area contributed by atoms with Gasteiger partial charge in [0.1, 0.15) is 11.9 Å². The molecule has 5 heteroatoms. The summed E-state index contributed by atoms with van der Waals surface area (Å²) in [7, 11) is 0. The third-order valence-electron chi connectivity index (χ3n) is 3.08. The lowest BCUT2D eigenvalue weighted by Crippen LogP contribution is -2.27. The Hall–Kier alpha value is -1.20. The number of rotatable bonds is 6. The normalized spacial score (nSPS) is 16.5. The van der Waals surface area contributed by atoms with Crippen molar-refractivity contribution in [1.82, 2.24) is 10.3 Å². The Bertz CT molecular complexity index is 395. The Labute approximate surface area is 113 Å². The monoisotopic (exact) mass is 268 g/mol. The minimum absolute atomic E-state index is 0.122. The molecule has 1 aromatic heterocycles. The molecule has 1 aromatic rings. The Balaban J connectivity index is 2.00. The molecule has 1 saturated heterocycles. The molecule has 19 heavy (non-hydrogen) atoms. The zero-order chi connectivity index (χ0) is 13.5. The second-order valence-corrected chi connectivity index (χ2v) is 4.72. The van der Waals surface area contributed by atoms with Crippen LogP contribution < -0.4 is 10.1 Å². The first-order chi connectivity index (χ1) is 9.29. The standard InChI is InChI=1S/C14H21FN2O2/c1-2-5-16-9-11-8-12(15)10-17-14(11)19-13-3-6-18-7-4-13/h8,10,13,16H,2-7,9H2,1H3. The highest BCUT2D eigenvalue weighted by Crippen LogP contribution is 2.21. The molecule has 4 nitrogen and oxygen atoms in total. The van der Waals surface area contributed by atoms with Crippen LogP contribution in [-0.2, 0) is 11.3 Å². The topological polar surface area (TPSA) is 43.4 Å². The van der Waals surface area contributed by atoms with Gasteiger partial charge >= 0.3 is 0 Å². The van der Waals surface area contributed by atoms with E-state index in [0.717, 1.165) is 44.6 Å². The van der Waals surface area contributed by atoms with E-state index in [1.807, 2.05) is 0 Å². The first-order valence-electron chi connectivity index (χ1n) is 6.89. The van der Waals surface area contributed by atoms with E-state index in [1.165, 1.54) is 12.3 Å². The van der Waals surface area contributed by atoms with Gasteiger partial charge in [0, 0.05) is 24.9 Å². The molecule has 1 aliphatic heterocycles. The number of pyridine rings is 1. The number of ether oxygens (including phenoxy) is 2. The summed E-state index contributed by atoms with van der Waals surface area (Å²) in [5, 5.41) is 3.24. The molecule has 0 spiro atoms. The third kappa shape index (κ3) is 4.44. The van der Waals surface area contributed by atoms with Crippen LogP contribution >= 0.6 is 0 Å². The molecule has 0 atom stereocenters. The van der Waals surface area contributed by atoms with Crippen molar-refractivity contribution in [3.05, 3.63) is 23.6 Å². The van der Waals surface area contributed by atoms with E-state index >= 15 is 0 Å². The average molecular weight is 268 g/mol. The van der Waals surface area contributed by atoms with E-state index in [1.54, 1.807) is 0 Å². The molecule has 0 radical (unpaired) electrons. The molecule has 0 bridgehead atoms. The van der Waals surface area contributed by atoms with Gasteiger partial charge in [-0.05, 0) is 19.0 Å². The summed E-state index contributed by atoms with van der Waals surface area (Å²) < 4.78 is 24.4. The van der Waals surface area contributed by atoms with Crippen LogP contribution in [0.5, 0.6) is 5.88 Å². The lowest BCUT2D eigenvalue weighted by Gasteiger charge is -2.23. The smallest absolute Gasteiger partial charge is 0.218 e. The van der Waals surface area contributed by atoms with E-state index in [2.05, 4.69) is 17.2 Å². The van der Waals surface area contributed by atoms with Crippen molar-refractivity contribution in [3.8, 4) is 5.88 Å². The minimum atomic E-state index is -0.326. The van der Waals surface area contributed by atoms with Gasteiger partial charge in [0.2, 0.25) is 5.88 Å². The summed E-state index contributed by atoms with van der Waals surface area (Å²) in [5.74, 6) is 0.213. The summed E-state index contributed by atoms with van der Waals surface area (Å²) in [6.45, 7) is 5.01. The van der Waals surface area contributed by atoms with Gasteiger partial charge in [0.05, 0.1) is 19.4 Å². The van der Waals surface area contributed by atoms with Crippen LogP contribution in [0.15, 0.2) is 12.3 Å². The molecule has 0 aromatic carbocycles. The first-order valence-corrected chi connectivity index (χ1v) is 6.89. The highest BCUT2D eigenvalue weighted by Gasteiger charge is 2.17. The summed E-state index contributed by atoms with van der Waals surface area (Å²) in [4.78, 5) is 4.07. The van der Waals surface area contributed by atoms with Gasteiger partial charge in [0.15, 0.2) is 0 Å². The number of aromatic nitrogens is 1. The van der Waals surface area contributed by atoms with Crippen LogP contribution in [0.2, 0.25) is 0 Å². The first kappa shape index (κ1) is 14.2. The summed E-state index contributed by atoms with van der Waals surface area (Å²) in [5.41, 5.74) is 0.778. The minimum Gasteiger partial charge on any atom is -0.474 e. The maximum atomic E-state index is 13.3. The molecule has 1 fully saturated rings. The van der Waals surface area contributed by atoms with Crippen molar-refractivity contribution in [2.45, 2.75) is 38.8 Å². The molecule has 0 unspecified atom stereocenters. The quantitative estimate of drug-likeness (QED) is 0.804. The highest BCUT2D eigenvalue weighted by atomic mass is 19.1. The molecule has 2 heterocycles. The van der Waals surface area contributed by atoms with Crippen molar-refractivity contribution in [1.29, 1.82) is 0 Å². The highest BCUT2D eigenvalue weighted by molar-refractivity contribution is 5.26. The van der Waals surface area contributed by atoms with Crippen LogP contribution in [0.1, 0.15) is 31.7 Å². The SMILES string of the molecule is CCCNCc1cc(F)cnc1OC1CCOCC1. The van der Waals surface area contributed by atoms with Crippen molar-refractivity contribution in [2.24, 2.45) is 0 Å². The van der Waals surface area contributed by atoms with Crippen molar-refractivity contribution < 1.29 is 13.9 Å². The number of hydrogen-bond acceptors (Lipinski definition) is 4. The molecule has 106 valence electrons. The number of nitrogens with zero attached hydrogens (tertiary/aromatic N) is 1. The van der Waals surface area contributed by atoms with Crippen LogP contribution in [-0.4, -0.2) is 30.8 Å². The molecule has 0 amide bonds. The Morgan fingerprint density at radius 2 is 2.26 bits per heavy atom. The molecule has 0 saturated carbocycles. The van der Waals surface area contributed by atoms with Gasteiger partial charge in [-0.15, -0.1) is 0 Å². The second kappa shape index (κ2) is 7.40. The zero-order valence-corrected chi connectivity index (χ0v) is 11.3. The summed E-state index contributed by atoms with van der Waals surface area (Å²) >= 11 is 0. The number of halogens is 1. The average Bonchev–Trinajstić information content (AvgIpc) is 2.43. The maximum Gasteiger partial charge on any atom is 0.218 e. The van der Waals surface area contributed by atoms with Gasteiger partial charge in [-0.1, -0.05) is 6.92 Å².